The first-order chi connectivity index (χ1) is 12.0. The van der Waals surface area contributed by atoms with Crippen LogP contribution in [0.2, 0.25) is 0 Å². The third-order valence-corrected chi connectivity index (χ3v) is 5.32. The monoisotopic (exact) mass is 470 g/mol. The molecule has 2 aliphatic rings. The van der Waals surface area contributed by atoms with Crippen molar-refractivity contribution in [2.24, 2.45) is 16.8 Å². The van der Waals surface area contributed by atoms with E-state index in [9.17, 15) is 4.79 Å². The first-order valence-electron chi connectivity index (χ1n) is 9.35. The maximum absolute atomic E-state index is 12.0. The van der Waals surface area contributed by atoms with E-state index in [1.165, 1.54) is 24.8 Å². The summed E-state index contributed by atoms with van der Waals surface area (Å²) in [7, 11) is 3.55. The molecule has 0 aromatic heterocycles. The van der Waals surface area contributed by atoms with Crippen LogP contribution in [0.4, 0.5) is 0 Å². The van der Waals surface area contributed by atoms with Crippen LogP contribution in [-0.2, 0) is 4.79 Å². The number of nitrogens with one attached hydrogen (secondary N) is 1. The van der Waals surface area contributed by atoms with Crippen molar-refractivity contribution in [3.63, 3.8) is 0 Å². The van der Waals surface area contributed by atoms with Crippen LogP contribution in [0.3, 0.4) is 0 Å². The van der Waals surface area contributed by atoms with Crippen molar-refractivity contribution < 1.29 is 4.79 Å². The van der Waals surface area contributed by atoms with Crippen LogP contribution in [0.15, 0.2) is 35.3 Å². The van der Waals surface area contributed by atoms with Crippen LogP contribution in [0.5, 0.6) is 0 Å². The molecule has 144 valence electrons. The van der Waals surface area contributed by atoms with Gasteiger partial charge in [-0.15, -0.1) is 24.0 Å². The zero-order valence-electron chi connectivity index (χ0n) is 16.0. The van der Waals surface area contributed by atoms with Gasteiger partial charge in [0.25, 0.3) is 0 Å². The van der Waals surface area contributed by atoms with Gasteiger partial charge in [0, 0.05) is 27.2 Å². The lowest BCUT2D eigenvalue weighted by Crippen LogP contribution is -2.42. The number of halogens is 1. The molecule has 0 spiro atoms. The second-order valence-electron chi connectivity index (χ2n) is 7.54. The van der Waals surface area contributed by atoms with E-state index in [0.29, 0.717) is 0 Å². The van der Waals surface area contributed by atoms with Gasteiger partial charge < -0.3 is 15.1 Å². The lowest BCUT2D eigenvalue weighted by molar-refractivity contribution is -0.127. The number of carbonyl (C=O) groups is 1. The van der Waals surface area contributed by atoms with Gasteiger partial charge in [-0.2, -0.15) is 0 Å². The molecular weight excluding hydrogens is 439 g/mol. The van der Waals surface area contributed by atoms with Gasteiger partial charge in [0.05, 0.1) is 6.04 Å². The van der Waals surface area contributed by atoms with E-state index < -0.39 is 0 Å². The number of benzene rings is 1. The number of guanidine groups is 1. The number of amides is 1. The summed E-state index contributed by atoms with van der Waals surface area (Å²) in [4.78, 5) is 20.6. The standard InChI is InChI=1S/C20H30N4O.HI/c1-15(16-7-5-4-6-8-16)22-20(21-13-19(25)23(2)3)24-12-11-18(14-24)17-9-10-17;/h4-8,15,17-18H,9-14H2,1-3H3,(H,21,22);1H. The molecule has 1 aliphatic heterocycles. The highest BCUT2D eigenvalue weighted by molar-refractivity contribution is 14.0. The average Bonchev–Trinajstić information content (AvgIpc) is 3.36. The zero-order chi connectivity index (χ0) is 17.8. The third kappa shape index (κ3) is 5.59. The molecule has 5 nitrogen and oxygen atoms in total. The SMILES string of the molecule is CC(NC(=NCC(=O)N(C)C)N1CCC(C2CC2)C1)c1ccccc1.I. The first-order valence-corrected chi connectivity index (χ1v) is 9.35. The lowest BCUT2D eigenvalue weighted by Gasteiger charge is -2.26. The molecule has 1 aliphatic carbocycles. The maximum Gasteiger partial charge on any atom is 0.243 e. The number of hydrogen-bond acceptors (Lipinski definition) is 2. The number of likely N-dealkylation sites (tertiary alicyclic amines) is 1. The summed E-state index contributed by atoms with van der Waals surface area (Å²) in [6.07, 6.45) is 4.02. The minimum absolute atomic E-state index is 0. The molecule has 1 saturated heterocycles. The second-order valence-corrected chi connectivity index (χ2v) is 7.54. The minimum atomic E-state index is 0. The van der Waals surface area contributed by atoms with Gasteiger partial charge in [-0.3, -0.25) is 4.79 Å². The first kappa shape index (κ1) is 21.0. The molecule has 1 N–H and O–H groups in total. The van der Waals surface area contributed by atoms with Crippen LogP contribution in [0.1, 0.15) is 37.8 Å². The molecular formula is C20H31IN4O. The van der Waals surface area contributed by atoms with Crippen LogP contribution in [0.25, 0.3) is 0 Å². The number of hydrogen-bond donors (Lipinski definition) is 1. The van der Waals surface area contributed by atoms with Gasteiger partial charge in [-0.25, -0.2) is 4.99 Å². The van der Waals surface area contributed by atoms with E-state index in [1.807, 2.05) is 6.07 Å². The van der Waals surface area contributed by atoms with Gasteiger partial charge in [-0.05, 0) is 43.6 Å². The number of carbonyl (C=O) groups excluding carboxylic acids is 1. The fourth-order valence-corrected chi connectivity index (χ4v) is 3.47. The van der Waals surface area contributed by atoms with E-state index in [1.54, 1.807) is 19.0 Å². The minimum Gasteiger partial charge on any atom is -0.350 e. The predicted molar refractivity (Wildman–Crippen MR) is 117 cm³/mol. The van der Waals surface area contributed by atoms with Crippen molar-refractivity contribution in [3.8, 4) is 0 Å². The molecule has 2 fully saturated rings. The molecule has 1 aromatic rings. The van der Waals surface area contributed by atoms with Gasteiger partial charge >= 0.3 is 0 Å². The van der Waals surface area contributed by atoms with Crippen LogP contribution in [0, 0.1) is 11.8 Å². The summed E-state index contributed by atoms with van der Waals surface area (Å²) in [5.41, 5.74) is 1.23. The van der Waals surface area contributed by atoms with E-state index >= 15 is 0 Å². The molecule has 0 radical (unpaired) electrons. The van der Waals surface area contributed by atoms with Crippen LogP contribution < -0.4 is 5.32 Å². The Labute approximate surface area is 174 Å². The van der Waals surface area contributed by atoms with E-state index in [0.717, 1.165) is 30.9 Å². The van der Waals surface area contributed by atoms with Crippen molar-refractivity contribution in [1.29, 1.82) is 0 Å². The van der Waals surface area contributed by atoms with Crippen molar-refractivity contribution >= 4 is 35.8 Å². The Morgan fingerprint density at radius 3 is 2.54 bits per heavy atom. The Morgan fingerprint density at radius 2 is 1.92 bits per heavy atom. The molecule has 0 bridgehead atoms. The van der Waals surface area contributed by atoms with Gasteiger partial charge in [-0.1, -0.05) is 30.3 Å². The molecule has 1 amide bonds. The summed E-state index contributed by atoms with van der Waals surface area (Å²) < 4.78 is 0. The Morgan fingerprint density at radius 1 is 1.23 bits per heavy atom. The molecule has 3 rings (SSSR count). The largest absolute Gasteiger partial charge is 0.350 e. The van der Waals surface area contributed by atoms with Gasteiger partial charge in [0.1, 0.15) is 6.54 Å². The summed E-state index contributed by atoms with van der Waals surface area (Å²) in [6.45, 7) is 4.44. The molecule has 26 heavy (non-hydrogen) atoms. The second kappa shape index (κ2) is 9.58. The molecule has 1 heterocycles. The van der Waals surface area contributed by atoms with E-state index in [2.05, 4.69) is 46.4 Å². The summed E-state index contributed by atoms with van der Waals surface area (Å²) in [5, 5.41) is 3.55. The summed E-state index contributed by atoms with van der Waals surface area (Å²) in [6, 6.07) is 10.5. The number of likely N-dealkylation sites (N-methyl/N-ethyl adjacent to an activating group) is 1. The Bertz CT molecular complexity index is 615. The fourth-order valence-electron chi connectivity index (χ4n) is 3.47. The molecule has 1 aromatic carbocycles. The Balaban J connectivity index is 0.00000243. The molecule has 6 heteroatoms. The highest BCUT2D eigenvalue weighted by atomic mass is 127. The Kier molecular flexibility index (Phi) is 7.73. The van der Waals surface area contributed by atoms with Crippen LogP contribution in [-0.4, -0.2) is 55.4 Å². The zero-order valence-corrected chi connectivity index (χ0v) is 18.3. The summed E-state index contributed by atoms with van der Waals surface area (Å²) in [5.74, 6) is 2.61. The van der Waals surface area contributed by atoms with E-state index in [-0.39, 0.29) is 42.5 Å². The normalized spacial score (nSPS) is 21.1. The number of aliphatic imine (C=N–C) groups is 1. The Hall–Kier alpha value is -1.31. The fraction of sp³-hybridized carbons (Fsp3) is 0.600. The van der Waals surface area contributed by atoms with Crippen LogP contribution >= 0.6 is 24.0 Å². The molecule has 2 atom stereocenters. The predicted octanol–water partition coefficient (Wildman–Crippen LogP) is 3.13. The average molecular weight is 470 g/mol. The van der Waals surface area contributed by atoms with E-state index in [4.69, 9.17) is 0 Å². The van der Waals surface area contributed by atoms with Gasteiger partial charge in [0.2, 0.25) is 5.91 Å². The highest BCUT2D eigenvalue weighted by Crippen LogP contribution is 2.41. The quantitative estimate of drug-likeness (QED) is 0.409. The topological polar surface area (TPSA) is 47.9 Å². The lowest BCUT2D eigenvalue weighted by atomic mass is 10.0. The number of nitrogens with zero attached hydrogens (tertiary/aromatic N) is 3. The maximum atomic E-state index is 12.0. The third-order valence-electron chi connectivity index (χ3n) is 5.32. The highest BCUT2D eigenvalue weighted by Gasteiger charge is 2.36. The van der Waals surface area contributed by atoms with Gasteiger partial charge in [0.15, 0.2) is 5.96 Å². The molecule has 2 unspecified atom stereocenters. The summed E-state index contributed by atoms with van der Waals surface area (Å²) >= 11 is 0. The van der Waals surface area contributed by atoms with Crippen molar-refractivity contribution in [2.45, 2.75) is 32.2 Å². The molecule has 1 saturated carbocycles. The van der Waals surface area contributed by atoms with Crippen molar-refractivity contribution in [3.05, 3.63) is 35.9 Å². The number of rotatable bonds is 5. The van der Waals surface area contributed by atoms with Crippen molar-refractivity contribution in [1.82, 2.24) is 15.1 Å². The van der Waals surface area contributed by atoms with Crippen molar-refractivity contribution in [2.75, 3.05) is 33.7 Å². The smallest absolute Gasteiger partial charge is 0.243 e.